The Bertz CT molecular complexity index is 634. The average molecular weight is 335 g/mol. The lowest BCUT2D eigenvalue weighted by molar-refractivity contribution is 0.102. The zero-order chi connectivity index (χ0) is 14.7. The van der Waals surface area contributed by atoms with Crippen LogP contribution in [0.25, 0.3) is 0 Å². The molecule has 0 unspecified atom stereocenters. The Morgan fingerprint density at radius 3 is 2.55 bits per heavy atom. The number of hydrogen-bond acceptors (Lipinski definition) is 4. The molecule has 0 atom stereocenters. The van der Waals surface area contributed by atoms with Gasteiger partial charge in [-0.15, -0.1) is 0 Å². The zero-order valence-electron chi connectivity index (χ0n) is 11.2. The minimum Gasteiger partial charge on any atom is -0.322 e. The highest BCUT2D eigenvalue weighted by atomic mass is 79.9. The molecule has 0 bridgehead atoms. The van der Waals surface area contributed by atoms with Gasteiger partial charge in [0.15, 0.2) is 0 Å². The average Bonchev–Trinajstić information content (AvgIpc) is 2.44. The standard InChI is InChI=1S/C14H15BrN4O/c1-8-5-10(6-9(2)13(8)15)18-14(20)11-3-4-17-7-12(11)19-16/h3-7,19H,16H2,1-2H3,(H,18,20). The first kappa shape index (κ1) is 14.5. The van der Waals surface area contributed by atoms with Gasteiger partial charge in [-0.25, -0.2) is 0 Å². The molecule has 0 aliphatic rings. The Balaban J connectivity index is 2.28. The molecule has 6 heteroatoms. The van der Waals surface area contributed by atoms with Crippen molar-refractivity contribution in [2.45, 2.75) is 13.8 Å². The molecule has 1 aromatic carbocycles. The molecule has 0 aliphatic heterocycles. The normalized spacial score (nSPS) is 10.2. The number of hydrazine groups is 1. The number of hydrogen-bond donors (Lipinski definition) is 3. The molecule has 1 aromatic heterocycles. The maximum Gasteiger partial charge on any atom is 0.257 e. The molecule has 2 aromatic rings. The van der Waals surface area contributed by atoms with Gasteiger partial charge < -0.3 is 10.7 Å². The molecule has 0 saturated carbocycles. The smallest absolute Gasteiger partial charge is 0.257 e. The van der Waals surface area contributed by atoms with Gasteiger partial charge in [-0.2, -0.15) is 0 Å². The molecule has 1 amide bonds. The molecular weight excluding hydrogens is 320 g/mol. The summed E-state index contributed by atoms with van der Waals surface area (Å²) in [6, 6.07) is 5.43. The minimum atomic E-state index is -0.235. The number of carbonyl (C=O) groups excluding carboxylic acids is 1. The van der Waals surface area contributed by atoms with E-state index in [1.54, 1.807) is 12.3 Å². The lowest BCUT2D eigenvalue weighted by atomic mass is 10.1. The lowest BCUT2D eigenvalue weighted by Gasteiger charge is -2.11. The van der Waals surface area contributed by atoms with E-state index in [4.69, 9.17) is 5.84 Å². The van der Waals surface area contributed by atoms with Crippen LogP contribution >= 0.6 is 15.9 Å². The molecule has 5 nitrogen and oxygen atoms in total. The van der Waals surface area contributed by atoms with Crippen LogP contribution in [0.4, 0.5) is 11.4 Å². The monoisotopic (exact) mass is 334 g/mol. The van der Waals surface area contributed by atoms with E-state index >= 15 is 0 Å². The highest BCUT2D eigenvalue weighted by Gasteiger charge is 2.12. The number of anilines is 2. The fourth-order valence-electron chi connectivity index (χ4n) is 1.92. The van der Waals surface area contributed by atoms with Crippen molar-refractivity contribution in [2.75, 3.05) is 10.7 Å². The summed E-state index contributed by atoms with van der Waals surface area (Å²) in [6.07, 6.45) is 3.06. The number of amides is 1. The third-order valence-corrected chi connectivity index (χ3v) is 4.17. The van der Waals surface area contributed by atoms with Gasteiger partial charge in [0.25, 0.3) is 5.91 Å². The third-order valence-electron chi connectivity index (χ3n) is 2.92. The molecular formula is C14H15BrN4O. The van der Waals surface area contributed by atoms with Crippen molar-refractivity contribution in [1.29, 1.82) is 0 Å². The number of halogens is 1. The number of pyridine rings is 1. The largest absolute Gasteiger partial charge is 0.322 e. The number of aromatic nitrogens is 1. The van der Waals surface area contributed by atoms with E-state index in [0.29, 0.717) is 11.3 Å². The number of nitrogens with two attached hydrogens (primary N) is 1. The zero-order valence-corrected chi connectivity index (χ0v) is 12.8. The topological polar surface area (TPSA) is 80.0 Å². The van der Waals surface area contributed by atoms with Gasteiger partial charge in [0.2, 0.25) is 0 Å². The first-order chi connectivity index (χ1) is 9.52. The van der Waals surface area contributed by atoms with Crippen molar-refractivity contribution in [1.82, 2.24) is 4.98 Å². The van der Waals surface area contributed by atoms with Gasteiger partial charge in [-0.05, 0) is 43.2 Å². The number of rotatable bonds is 3. The molecule has 104 valence electrons. The third kappa shape index (κ3) is 2.97. The summed E-state index contributed by atoms with van der Waals surface area (Å²) in [4.78, 5) is 16.2. The van der Waals surface area contributed by atoms with Crippen molar-refractivity contribution in [3.8, 4) is 0 Å². The summed E-state index contributed by atoms with van der Waals surface area (Å²) >= 11 is 3.50. The first-order valence-electron chi connectivity index (χ1n) is 6.01. The predicted molar refractivity (Wildman–Crippen MR) is 83.6 cm³/mol. The molecule has 4 N–H and O–H groups in total. The van der Waals surface area contributed by atoms with Gasteiger partial charge in [0.05, 0.1) is 17.4 Å². The van der Waals surface area contributed by atoms with E-state index in [1.807, 2.05) is 26.0 Å². The first-order valence-corrected chi connectivity index (χ1v) is 6.81. The Labute approximate surface area is 125 Å². The van der Waals surface area contributed by atoms with Gasteiger partial charge in [-0.1, -0.05) is 15.9 Å². The number of nitrogens with one attached hydrogen (secondary N) is 2. The Morgan fingerprint density at radius 1 is 1.30 bits per heavy atom. The summed E-state index contributed by atoms with van der Waals surface area (Å²) in [5.41, 5.74) is 6.26. The van der Waals surface area contributed by atoms with E-state index in [9.17, 15) is 4.79 Å². The number of nitrogens with zero attached hydrogens (tertiary/aromatic N) is 1. The van der Waals surface area contributed by atoms with E-state index in [1.165, 1.54) is 6.20 Å². The van der Waals surface area contributed by atoms with Crippen LogP contribution in [0, 0.1) is 13.8 Å². The Kier molecular flexibility index (Phi) is 4.36. The molecule has 0 spiro atoms. The van der Waals surface area contributed by atoms with Crippen molar-refractivity contribution in [2.24, 2.45) is 5.84 Å². The van der Waals surface area contributed by atoms with Crippen molar-refractivity contribution in [3.63, 3.8) is 0 Å². The van der Waals surface area contributed by atoms with Crippen LogP contribution in [0.1, 0.15) is 21.5 Å². The maximum absolute atomic E-state index is 12.3. The molecule has 2 rings (SSSR count). The summed E-state index contributed by atoms with van der Waals surface area (Å²) in [7, 11) is 0. The fraction of sp³-hybridized carbons (Fsp3) is 0.143. The SMILES string of the molecule is Cc1cc(NC(=O)c2ccncc2NN)cc(C)c1Br. The molecule has 20 heavy (non-hydrogen) atoms. The molecule has 0 saturated heterocycles. The highest BCUT2D eigenvalue weighted by molar-refractivity contribution is 9.10. The van der Waals surface area contributed by atoms with E-state index in [-0.39, 0.29) is 5.91 Å². The predicted octanol–water partition coefficient (Wildman–Crippen LogP) is 3.00. The van der Waals surface area contributed by atoms with Crippen LogP contribution in [0.15, 0.2) is 35.1 Å². The molecule has 1 heterocycles. The van der Waals surface area contributed by atoms with E-state index in [2.05, 4.69) is 31.7 Å². The fourth-order valence-corrected chi connectivity index (χ4v) is 2.15. The van der Waals surface area contributed by atoms with Crippen molar-refractivity contribution < 1.29 is 4.79 Å². The molecule has 0 fully saturated rings. The summed E-state index contributed by atoms with van der Waals surface area (Å²) in [6.45, 7) is 3.96. The van der Waals surface area contributed by atoms with Gasteiger partial charge in [0, 0.05) is 16.4 Å². The number of nitrogen functional groups attached to an aromatic ring is 1. The molecule has 0 radical (unpaired) electrons. The van der Waals surface area contributed by atoms with Crippen LogP contribution in [-0.2, 0) is 0 Å². The summed E-state index contributed by atoms with van der Waals surface area (Å²) in [5, 5.41) is 2.86. The van der Waals surface area contributed by atoms with Gasteiger partial charge in [0.1, 0.15) is 0 Å². The van der Waals surface area contributed by atoms with E-state index < -0.39 is 0 Å². The van der Waals surface area contributed by atoms with Crippen LogP contribution in [-0.4, -0.2) is 10.9 Å². The quantitative estimate of drug-likeness (QED) is 0.595. The van der Waals surface area contributed by atoms with E-state index in [0.717, 1.165) is 21.3 Å². The Hall–Kier alpha value is -1.92. The highest BCUT2D eigenvalue weighted by Crippen LogP contribution is 2.25. The van der Waals surface area contributed by atoms with Gasteiger partial charge in [-0.3, -0.25) is 15.6 Å². The maximum atomic E-state index is 12.3. The van der Waals surface area contributed by atoms with Crippen molar-refractivity contribution >= 4 is 33.2 Å². The van der Waals surface area contributed by atoms with Gasteiger partial charge >= 0.3 is 0 Å². The summed E-state index contributed by atoms with van der Waals surface area (Å²) < 4.78 is 1.05. The molecule has 0 aliphatic carbocycles. The number of aryl methyl sites for hydroxylation is 2. The summed E-state index contributed by atoms with van der Waals surface area (Å²) in [5.74, 6) is 5.14. The van der Waals surface area contributed by atoms with Crippen LogP contribution in [0.3, 0.4) is 0 Å². The second-order valence-electron chi connectivity index (χ2n) is 4.44. The Morgan fingerprint density at radius 2 is 1.95 bits per heavy atom. The number of carbonyl (C=O) groups is 1. The lowest BCUT2D eigenvalue weighted by Crippen LogP contribution is -2.17. The minimum absolute atomic E-state index is 0.235. The second kappa shape index (κ2) is 6.02. The van der Waals surface area contributed by atoms with Crippen LogP contribution in [0.2, 0.25) is 0 Å². The van der Waals surface area contributed by atoms with Crippen LogP contribution < -0.4 is 16.6 Å². The van der Waals surface area contributed by atoms with Crippen LogP contribution in [0.5, 0.6) is 0 Å². The number of benzene rings is 1. The second-order valence-corrected chi connectivity index (χ2v) is 5.24. The van der Waals surface area contributed by atoms with Crippen molar-refractivity contribution in [3.05, 3.63) is 51.8 Å².